The first-order chi connectivity index (χ1) is 5.36. The topological polar surface area (TPSA) is 29.3 Å². The van der Waals surface area contributed by atoms with Crippen LogP contribution in [0.1, 0.15) is 5.56 Å². The molecule has 1 aliphatic rings. The van der Waals surface area contributed by atoms with Crippen molar-refractivity contribution in [2.24, 2.45) is 5.84 Å². The van der Waals surface area contributed by atoms with Gasteiger partial charge in [0.05, 0.1) is 0 Å². The Labute approximate surface area is 70.5 Å². The fraction of sp³-hybridized carbons (Fsp3) is 0.250. The zero-order valence-corrected chi connectivity index (χ0v) is 6.97. The fourth-order valence-electron chi connectivity index (χ4n) is 1.20. The van der Waals surface area contributed by atoms with Gasteiger partial charge in [-0.05, 0) is 30.0 Å². The monoisotopic (exact) mass is 166 g/mol. The molecule has 2 nitrogen and oxygen atoms in total. The normalized spacial score (nSPS) is 17.9. The van der Waals surface area contributed by atoms with Crippen LogP contribution in [-0.4, -0.2) is 11.0 Å². The molecular formula is C8H10N2S. The summed E-state index contributed by atoms with van der Waals surface area (Å²) in [5, 5.41) is 0. The van der Waals surface area contributed by atoms with E-state index in [1.807, 2.05) is 6.07 Å². The summed E-state index contributed by atoms with van der Waals surface area (Å²) in [5.41, 5.74) is 1.42. The lowest BCUT2D eigenvalue weighted by molar-refractivity contribution is 0.488. The van der Waals surface area contributed by atoms with Gasteiger partial charge in [-0.3, -0.25) is 5.84 Å². The summed E-state index contributed by atoms with van der Waals surface area (Å²) < 4.78 is 1.78. The summed E-state index contributed by atoms with van der Waals surface area (Å²) in [6.07, 6.45) is 1.07. The molecule has 0 atom stereocenters. The van der Waals surface area contributed by atoms with Crippen molar-refractivity contribution in [1.82, 2.24) is 4.41 Å². The highest BCUT2D eigenvalue weighted by Crippen LogP contribution is 2.28. The first kappa shape index (κ1) is 7.16. The van der Waals surface area contributed by atoms with Crippen LogP contribution in [0.4, 0.5) is 0 Å². The van der Waals surface area contributed by atoms with Crippen LogP contribution in [0.2, 0.25) is 0 Å². The standard InChI is InChI=1S/C8H10N2S/c9-10-6-5-7-3-1-2-4-8(7)11-10/h1-4H,5-6,9H2. The summed E-state index contributed by atoms with van der Waals surface area (Å²) in [6, 6.07) is 8.39. The van der Waals surface area contributed by atoms with Crippen molar-refractivity contribution in [2.75, 3.05) is 6.54 Å². The SMILES string of the molecule is NN1CCc2ccccc2S1. The number of fused-ring (bicyclic) bond motifs is 1. The van der Waals surface area contributed by atoms with E-state index in [0.29, 0.717) is 0 Å². The highest BCUT2D eigenvalue weighted by atomic mass is 32.2. The second-order valence-electron chi connectivity index (χ2n) is 2.59. The summed E-state index contributed by atoms with van der Waals surface area (Å²) in [7, 11) is 0. The summed E-state index contributed by atoms with van der Waals surface area (Å²) in [5.74, 6) is 5.65. The summed E-state index contributed by atoms with van der Waals surface area (Å²) >= 11 is 1.62. The van der Waals surface area contributed by atoms with E-state index in [1.165, 1.54) is 10.5 Å². The minimum Gasteiger partial charge on any atom is -0.259 e. The molecule has 0 radical (unpaired) electrons. The zero-order chi connectivity index (χ0) is 7.68. The number of rotatable bonds is 0. The highest BCUT2D eigenvalue weighted by molar-refractivity contribution is 7.97. The fourth-order valence-corrected chi connectivity index (χ4v) is 2.06. The molecule has 0 spiro atoms. The van der Waals surface area contributed by atoms with Gasteiger partial charge >= 0.3 is 0 Å². The number of hydrogen-bond acceptors (Lipinski definition) is 3. The van der Waals surface area contributed by atoms with Gasteiger partial charge in [0.2, 0.25) is 0 Å². The van der Waals surface area contributed by atoms with E-state index in [-0.39, 0.29) is 0 Å². The van der Waals surface area contributed by atoms with Gasteiger partial charge in [0.1, 0.15) is 0 Å². The number of hydrogen-bond donors (Lipinski definition) is 1. The Morgan fingerprint density at radius 1 is 1.36 bits per heavy atom. The predicted molar refractivity (Wildman–Crippen MR) is 46.9 cm³/mol. The van der Waals surface area contributed by atoms with Crippen molar-refractivity contribution in [3.05, 3.63) is 29.8 Å². The van der Waals surface area contributed by atoms with E-state index in [4.69, 9.17) is 5.84 Å². The van der Waals surface area contributed by atoms with Crippen LogP contribution in [0, 0.1) is 0 Å². The van der Waals surface area contributed by atoms with Crippen molar-refractivity contribution in [3.63, 3.8) is 0 Å². The average molecular weight is 166 g/mol. The minimum atomic E-state index is 0.946. The maximum atomic E-state index is 5.65. The molecule has 58 valence electrons. The Morgan fingerprint density at radius 3 is 3.09 bits per heavy atom. The van der Waals surface area contributed by atoms with Crippen molar-refractivity contribution < 1.29 is 0 Å². The molecule has 1 aliphatic heterocycles. The maximum absolute atomic E-state index is 5.65. The van der Waals surface area contributed by atoms with Gasteiger partial charge in [0, 0.05) is 11.4 Å². The largest absolute Gasteiger partial charge is 0.259 e. The van der Waals surface area contributed by atoms with Crippen molar-refractivity contribution in [1.29, 1.82) is 0 Å². The second kappa shape index (κ2) is 2.85. The van der Waals surface area contributed by atoms with Gasteiger partial charge < -0.3 is 0 Å². The molecule has 3 heteroatoms. The molecule has 2 N–H and O–H groups in total. The third-order valence-corrected chi connectivity index (χ3v) is 2.80. The van der Waals surface area contributed by atoms with Gasteiger partial charge in [-0.25, -0.2) is 0 Å². The second-order valence-corrected chi connectivity index (χ2v) is 3.68. The molecule has 2 rings (SSSR count). The third-order valence-electron chi connectivity index (χ3n) is 1.79. The van der Waals surface area contributed by atoms with Gasteiger partial charge in [-0.15, -0.1) is 0 Å². The number of benzene rings is 1. The molecule has 0 aromatic heterocycles. The molecule has 0 unspecified atom stereocenters. The lowest BCUT2D eigenvalue weighted by Crippen LogP contribution is -2.28. The smallest absolute Gasteiger partial charge is 0.0287 e. The van der Waals surface area contributed by atoms with Crippen LogP contribution in [0.5, 0.6) is 0 Å². The lowest BCUT2D eigenvalue weighted by Gasteiger charge is -2.22. The van der Waals surface area contributed by atoms with Gasteiger partial charge in [0.15, 0.2) is 0 Å². The molecule has 0 saturated heterocycles. The first-order valence-electron chi connectivity index (χ1n) is 3.64. The van der Waals surface area contributed by atoms with Gasteiger partial charge in [0.25, 0.3) is 0 Å². The van der Waals surface area contributed by atoms with Crippen LogP contribution >= 0.6 is 11.9 Å². The van der Waals surface area contributed by atoms with E-state index in [9.17, 15) is 0 Å². The number of hydrazine groups is 1. The van der Waals surface area contributed by atoms with Crippen molar-refractivity contribution >= 4 is 11.9 Å². The Kier molecular flexibility index (Phi) is 1.85. The Morgan fingerprint density at radius 2 is 2.18 bits per heavy atom. The van der Waals surface area contributed by atoms with Gasteiger partial charge in [-0.1, -0.05) is 18.2 Å². The molecule has 0 bridgehead atoms. The Bertz CT molecular complexity index is 262. The van der Waals surface area contributed by atoms with E-state index >= 15 is 0 Å². The zero-order valence-electron chi connectivity index (χ0n) is 6.16. The van der Waals surface area contributed by atoms with Crippen LogP contribution in [0.15, 0.2) is 29.2 Å². The number of nitrogens with two attached hydrogens (primary N) is 1. The van der Waals surface area contributed by atoms with Crippen LogP contribution in [-0.2, 0) is 6.42 Å². The molecular weight excluding hydrogens is 156 g/mol. The third kappa shape index (κ3) is 1.40. The Balaban J connectivity index is 2.34. The molecule has 1 aromatic rings. The Hall–Kier alpha value is -0.510. The summed E-state index contributed by atoms with van der Waals surface area (Å²) in [6.45, 7) is 0.946. The molecule has 0 aliphatic carbocycles. The van der Waals surface area contributed by atoms with E-state index in [1.54, 1.807) is 16.4 Å². The lowest BCUT2D eigenvalue weighted by atomic mass is 10.1. The molecule has 0 fully saturated rings. The predicted octanol–water partition coefficient (Wildman–Crippen LogP) is 1.43. The minimum absolute atomic E-state index is 0.946. The molecule has 11 heavy (non-hydrogen) atoms. The average Bonchev–Trinajstić information content (AvgIpc) is 2.04. The molecule has 1 heterocycles. The van der Waals surface area contributed by atoms with Crippen LogP contribution < -0.4 is 5.84 Å². The maximum Gasteiger partial charge on any atom is 0.0287 e. The van der Waals surface area contributed by atoms with Gasteiger partial charge in [-0.2, -0.15) is 4.41 Å². The first-order valence-corrected chi connectivity index (χ1v) is 4.42. The molecule has 1 aromatic carbocycles. The molecule has 0 saturated carbocycles. The van der Waals surface area contributed by atoms with Crippen molar-refractivity contribution in [2.45, 2.75) is 11.3 Å². The van der Waals surface area contributed by atoms with E-state index in [0.717, 1.165) is 13.0 Å². The highest BCUT2D eigenvalue weighted by Gasteiger charge is 2.12. The van der Waals surface area contributed by atoms with E-state index in [2.05, 4.69) is 18.2 Å². The van der Waals surface area contributed by atoms with Crippen LogP contribution in [0.25, 0.3) is 0 Å². The van der Waals surface area contributed by atoms with Crippen molar-refractivity contribution in [3.8, 4) is 0 Å². The molecule has 0 amide bonds. The van der Waals surface area contributed by atoms with E-state index < -0.39 is 0 Å². The summed E-state index contributed by atoms with van der Waals surface area (Å²) in [4.78, 5) is 1.29. The number of nitrogens with zero attached hydrogens (tertiary/aromatic N) is 1. The quantitative estimate of drug-likeness (QED) is 0.467. The van der Waals surface area contributed by atoms with Crippen LogP contribution in [0.3, 0.4) is 0 Å².